The van der Waals surface area contributed by atoms with Gasteiger partial charge in [-0.15, -0.1) is 0 Å². The standard InChI is InChI=1S/C22H23N3O3/c1-4-25(17-8-6-5-7-9-17)22(26)20-14-16(12-13-23-20)24-19-15-18(27-2)10-11-21(19)28-3/h5-15H,4H2,1-3H3,(H,23,24). The van der Waals surface area contributed by atoms with Crippen LogP contribution in [0.4, 0.5) is 17.1 Å². The van der Waals surface area contributed by atoms with Crippen molar-refractivity contribution in [2.24, 2.45) is 0 Å². The van der Waals surface area contributed by atoms with Gasteiger partial charge < -0.3 is 19.7 Å². The number of anilines is 3. The van der Waals surface area contributed by atoms with Crippen molar-refractivity contribution in [2.45, 2.75) is 6.92 Å². The molecule has 0 aliphatic carbocycles. The van der Waals surface area contributed by atoms with Crippen LogP contribution in [0.1, 0.15) is 17.4 Å². The average molecular weight is 377 g/mol. The van der Waals surface area contributed by atoms with Crippen LogP contribution < -0.4 is 19.7 Å². The molecule has 0 saturated carbocycles. The molecule has 1 aromatic heterocycles. The average Bonchev–Trinajstić information content (AvgIpc) is 2.75. The van der Waals surface area contributed by atoms with Crippen molar-refractivity contribution in [1.29, 1.82) is 0 Å². The lowest BCUT2D eigenvalue weighted by molar-refractivity contribution is 0.0983. The third-order valence-electron chi connectivity index (χ3n) is 4.29. The Morgan fingerprint density at radius 2 is 1.82 bits per heavy atom. The molecule has 0 bridgehead atoms. The van der Waals surface area contributed by atoms with Crippen molar-refractivity contribution in [2.75, 3.05) is 31.0 Å². The molecule has 0 saturated heterocycles. The molecule has 144 valence electrons. The maximum atomic E-state index is 13.0. The van der Waals surface area contributed by atoms with Crippen molar-refractivity contribution >= 4 is 23.0 Å². The van der Waals surface area contributed by atoms with Gasteiger partial charge in [0.25, 0.3) is 5.91 Å². The summed E-state index contributed by atoms with van der Waals surface area (Å²) >= 11 is 0. The number of aromatic nitrogens is 1. The fourth-order valence-corrected chi connectivity index (χ4v) is 2.88. The third kappa shape index (κ3) is 4.23. The van der Waals surface area contributed by atoms with Gasteiger partial charge in [-0.2, -0.15) is 0 Å². The van der Waals surface area contributed by atoms with E-state index in [-0.39, 0.29) is 5.91 Å². The van der Waals surface area contributed by atoms with E-state index in [4.69, 9.17) is 9.47 Å². The molecule has 0 aliphatic heterocycles. The highest BCUT2D eigenvalue weighted by atomic mass is 16.5. The largest absolute Gasteiger partial charge is 0.497 e. The van der Waals surface area contributed by atoms with Crippen LogP contribution >= 0.6 is 0 Å². The second-order valence-corrected chi connectivity index (χ2v) is 6.01. The van der Waals surface area contributed by atoms with Crippen LogP contribution in [0.5, 0.6) is 11.5 Å². The lowest BCUT2D eigenvalue weighted by Crippen LogP contribution is -2.31. The second kappa shape index (κ2) is 8.90. The Hall–Kier alpha value is -3.54. The first kappa shape index (κ1) is 19.2. The van der Waals surface area contributed by atoms with Gasteiger partial charge in [-0.05, 0) is 43.3 Å². The van der Waals surface area contributed by atoms with Gasteiger partial charge in [0.05, 0.1) is 19.9 Å². The molecule has 3 aromatic rings. The predicted octanol–water partition coefficient (Wildman–Crippen LogP) is 4.51. The SMILES string of the molecule is CCN(C(=O)c1cc(Nc2cc(OC)ccc2OC)ccn1)c1ccccc1. The van der Waals surface area contributed by atoms with Crippen molar-refractivity contribution < 1.29 is 14.3 Å². The van der Waals surface area contributed by atoms with E-state index in [9.17, 15) is 4.79 Å². The molecule has 6 nitrogen and oxygen atoms in total. The molecule has 28 heavy (non-hydrogen) atoms. The van der Waals surface area contributed by atoms with Crippen LogP contribution in [0, 0.1) is 0 Å². The number of para-hydroxylation sites is 1. The number of ether oxygens (including phenoxy) is 2. The number of carbonyl (C=O) groups excluding carboxylic acids is 1. The number of hydrogen-bond acceptors (Lipinski definition) is 5. The number of hydrogen-bond donors (Lipinski definition) is 1. The monoisotopic (exact) mass is 377 g/mol. The highest BCUT2D eigenvalue weighted by Gasteiger charge is 2.18. The zero-order valence-corrected chi connectivity index (χ0v) is 16.2. The molecular weight excluding hydrogens is 354 g/mol. The van der Waals surface area contributed by atoms with Crippen molar-refractivity contribution in [1.82, 2.24) is 4.98 Å². The van der Waals surface area contributed by atoms with E-state index >= 15 is 0 Å². The molecular formula is C22H23N3O3. The van der Waals surface area contributed by atoms with E-state index in [2.05, 4.69) is 10.3 Å². The second-order valence-electron chi connectivity index (χ2n) is 6.01. The zero-order valence-electron chi connectivity index (χ0n) is 16.2. The maximum Gasteiger partial charge on any atom is 0.276 e. The number of nitrogens with zero attached hydrogens (tertiary/aromatic N) is 2. The molecule has 0 radical (unpaired) electrons. The summed E-state index contributed by atoms with van der Waals surface area (Å²) in [5, 5.41) is 3.27. The number of amides is 1. The van der Waals surface area contributed by atoms with Crippen LogP contribution in [0.25, 0.3) is 0 Å². The minimum Gasteiger partial charge on any atom is -0.497 e. The first-order chi connectivity index (χ1) is 13.7. The Morgan fingerprint density at radius 3 is 2.50 bits per heavy atom. The molecule has 1 heterocycles. The van der Waals surface area contributed by atoms with Gasteiger partial charge in [-0.1, -0.05) is 18.2 Å². The Balaban J connectivity index is 1.87. The van der Waals surface area contributed by atoms with Crippen LogP contribution in [-0.2, 0) is 0 Å². The highest BCUT2D eigenvalue weighted by Crippen LogP contribution is 2.31. The molecule has 0 aliphatic rings. The Labute approximate surface area is 164 Å². The summed E-state index contributed by atoms with van der Waals surface area (Å²) in [6.07, 6.45) is 1.61. The lowest BCUT2D eigenvalue weighted by Gasteiger charge is -2.21. The normalized spacial score (nSPS) is 10.2. The quantitative estimate of drug-likeness (QED) is 0.656. The fraction of sp³-hybridized carbons (Fsp3) is 0.182. The van der Waals surface area contributed by atoms with E-state index in [0.29, 0.717) is 23.7 Å². The number of carbonyl (C=O) groups is 1. The molecule has 0 fully saturated rings. The summed E-state index contributed by atoms with van der Waals surface area (Å²) in [6, 6.07) is 18.6. The molecule has 6 heteroatoms. The fourth-order valence-electron chi connectivity index (χ4n) is 2.88. The molecule has 0 spiro atoms. The Kier molecular flexibility index (Phi) is 6.11. The number of methoxy groups -OCH3 is 2. The molecule has 0 atom stereocenters. The van der Waals surface area contributed by atoms with Gasteiger partial charge in [-0.25, -0.2) is 0 Å². The topological polar surface area (TPSA) is 63.7 Å². The van der Waals surface area contributed by atoms with Gasteiger partial charge in [0.2, 0.25) is 0 Å². The van der Waals surface area contributed by atoms with E-state index in [1.54, 1.807) is 37.4 Å². The van der Waals surface area contributed by atoms with Crippen molar-refractivity contribution in [3.05, 3.63) is 72.6 Å². The molecule has 0 unspecified atom stereocenters. The lowest BCUT2D eigenvalue weighted by atomic mass is 10.2. The van der Waals surface area contributed by atoms with Crippen molar-refractivity contribution in [3.63, 3.8) is 0 Å². The van der Waals surface area contributed by atoms with Gasteiger partial charge >= 0.3 is 0 Å². The molecule has 3 rings (SSSR count). The Bertz CT molecular complexity index is 945. The number of rotatable bonds is 7. The predicted molar refractivity (Wildman–Crippen MR) is 111 cm³/mol. The van der Waals surface area contributed by atoms with Crippen LogP contribution in [0.3, 0.4) is 0 Å². The summed E-state index contributed by atoms with van der Waals surface area (Å²) in [5.41, 5.74) is 2.66. The summed E-state index contributed by atoms with van der Waals surface area (Å²) in [6.45, 7) is 2.49. The molecule has 1 N–H and O–H groups in total. The summed E-state index contributed by atoms with van der Waals surface area (Å²) in [5.74, 6) is 1.22. The molecule has 2 aromatic carbocycles. The van der Waals surface area contributed by atoms with E-state index in [1.807, 2.05) is 55.5 Å². The molecule has 1 amide bonds. The summed E-state index contributed by atoms with van der Waals surface area (Å²) < 4.78 is 10.7. The van der Waals surface area contributed by atoms with Crippen LogP contribution in [0.2, 0.25) is 0 Å². The third-order valence-corrected chi connectivity index (χ3v) is 4.29. The van der Waals surface area contributed by atoms with Gasteiger partial charge in [0.1, 0.15) is 17.2 Å². The smallest absolute Gasteiger partial charge is 0.276 e. The van der Waals surface area contributed by atoms with Crippen molar-refractivity contribution in [3.8, 4) is 11.5 Å². The maximum absolute atomic E-state index is 13.0. The zero-order chi connectivity index (χ0) is 19.9. The van der Waals surface area contributed by atoms with E-state index in [0.717, 1.165) is 17.1 Å². The Morgan fingerprint density at radius 1 is 1.04 bits per heavy atom. The van der Waals surface area contributed by atoms with E-state index < -0.39 is 0 Å². The summed E-state index contributed by atoms with van der Waals surface area (Å²) in [4.78, 5) is 19.0. The van der Waals surface area contributed by atoms with E-state index in [1.165, 1.54) is 0 Å². The summed E-state index contributed by atoms with van der Waals surface area (Å²) in [7, 11) is 3.21. The van der Waals surface area contributed by atoms with Gasteiger partial charge in [-0.3, -0.25) is 9.78 Å². The first-order valence-electron chi connectivity index (χ1n) is 8.98. The number of pyridine rings is 1. The first-order valence-corrected chi connectivity index (χ1v) is 8.98. The highest BCUT2D eigenvalue weighted by molar-refractivity contribution is 6.05. The van der Waals surface area contributed by atoms with Gasteiger partial charge in [0, 0.05) is 30.2 Å². The minimum absolute atomic E-state index is 0.157. The van der Waals surface area contributed by atoms with Crippen LogP contribution in [-0.4, -0.2) is 31.7 Å². The number of nitrogens with one attached hydrogen (secondary N) is 1. The number of benzene rings is 2. The minimum atomic E-state index is -0.157. The van der Waals surface area contributed by atoms with Crippen LogP contribution in [0.15, 0.2) is 66.9 Å². The van der Waals surface area contributed by atoms with Gasteiger partial charge in [0.15, 0.2) is 0 Å².